The summed E-state index contributed by atoms with van der Waals surface area (Å²) < 4.78 is 0. The van der Waals surface area contributed by atoms with E-state index in [1.54, 1.807) is 30.1 Å². The molecule has 0 atom stereocenters. The van der Waals surface area contributed by atoms with Gasteiger partial charge in [-0.1, -0.05) is 12.1 Å². The fourth-order valence-corrected chi connectivity index (χ4v) is 1.29. The van der Waals surface area contributed by atoms with Gasteiger partial charge in [0.05, 0.1) is 6.54 Å². The van der Waals surface area contributed by atoms with Crippen LogP contribution in [0.15, 0.2) is 24.3 Å². The number of aromatic hydroxyl groups is 1. The first-order valence-corrected chi connectivity index (χ1v) is 5.36. The Labute approximate surface area is 95.9 Å². The molecule has 0 radical (unpaired) electrons. The van der Waals surface area contributed by atoms with Crippen molar-refractivity contribution in [2.24, 2.45) is 0 Å². The zero-order chi connectivity index (χ0) is 12.0. The van der Waals surface area contributed by atoms with Gasteiger partial charge in [0.15, 0.2) is 0 Å². The van der Waals surface area contributed by atoms with Crippen molar-refractivity contribution in [2.75, 3.05) is 20.1 Å². The molecule has 1 aromatic rings. The summed E-state index contributed by atoms with van der Waals surface area (Å²) in [5.41, 5.74) is 0.965. The summed E-state index contributed by atoms with van der Waals surface area (Å²) in [4.78, 5) is 13.1. The molecule has 0 fully saturated rings. The van der Waals surface area contributed by atoms with Crippen molar-refractivity contribution in [1.29, 1.82) is 0 Å². The third kappa shape index (κ3) is 3.90. The zero-order valence-electron chi connectivity index (χ0n) is 9.73. The van der Waals surface area contributed by atoms with E-state index in [4.69, 9.17) is 0 Å². The molecule has 0 aliphatic rings. The van der Waals surface area contributed by atoms with Crippen LogP contribution >= 0.6 is 0 Å². The number of amides is 1. The van der Waals surface area contributed by atoms with Crippen LogP contribution in [-0.2, 0) is 11.3 Å². The summed E-state index contributed by atoms with van der Waals surface area (Å²) >= 11 is 0. The molecule has 4 heteroatoms. The van der Waals surface area contributed by atoms with E-state index < -0.39 is 0 Å². The monoisotopic (exact) mass is 222 g/mol. The number of likely N-dealkylation sites (N-methyl/N-ethyl adjacent to an activating group) is 1. The number of phenolic OH excluding ortho intramolecular Hbond substituents is 1. The molecule has 0 unspecified atom stereocenters. The molecule has 0 aromatic heterocycles. The maximum atomic E-state index is 11.4. The second-order valence-electron chi connectivity index (χ2n) is 3.68. The number of carbonyl (C=O) groups excluding carboxylic acids is 1. The zero-order valence-corrected chi connectivity index (χ0v) is 9.73. The van der Waals surface area contributed by atoms with E-state index in [1.807, 2.05) is 13.0 Å². The molecule has 0 spiro atoms. The Bertz CT molecular complexity index is 353. The molecule has 0 saturated carbocycles. The first-order valence-electron chi connectivity index (χ1n) is 5.36. The maximum absolute atomic E-state index is 11.4. The number of carbonyl (C=O) groups is 1. The Balaban J connectivity index is 2.33. The van der Waals surface area contributed by atoms with Crippen molar-refractivity contribution in [1.82, 2.24) is 10.2 Å². The summed E-state index contributed by atoms with van der Waals surface area (Å²) in [6.45, 7) is 3.55. The smallest absolute Gasteiger partial charge is 0.236 e. The average Bonchev–Trinajstić information content (AvgIpc) is 2.28. The Morgan fingerprint density at radius 3 is 2.88 bits per heavy atom. The van der Waals surface area contributed by atoms with E-state index >= 15 is 0 Å². The van der Waals surface area contributed by atoms with E-state index in [-0.39, 0.29) is 11.7 Å². The molecule has 0 bridgehead atoms. The van der Waals surface area contributed by atoms with Crippen molar-refractivity contribution in [3.8, 4) is 5.75 Å². The number of phenols is 1. The standard InChI is InChI=1S/C12H18N2O2/c1-3-14(2)12(16)9-13-8-10-5-4-6-11(15)7-10/h4-7,13,15H,3,8-9H2,1-2H3. The van der Waals surface area contributed by atoms with Crippen LogP contribution in [0.4, 0.5) is 0 Å². The highest BCUT2D eigenvalue weighted by Crippen LogP contribution is 2.10. The fraction of sp³-hybridized carbons (Fsp3) is 0.417. The molecular weight excluding hydrogens is 204 g/mol. The van der Waals surface area contributed by atoms with Gasteiger partial charge >= 0.3 is 0 Å². The van der Waals surface area contributed by atoms with Crippen LogP contribution in [0.3, 0.4) is 0 Å². The van der Waals surface area contributed by atoms with E-state index in [0.717, 1.165) is 5.56 Å². The Kier molecular flexibility index (Phi) is 4.79. The van der Waals surface area contributed by atoms with Crippen LogP contribution < -0.4 is 5.32 Å². The van der Waals surface area contributed by atoms with E-state index in [0.29, 0.717) is 19.6 Å². The van der Waals surface area contributed by atoms with Gasteiger partial charge in [0, 0.05) is 20.1 Å². The number of rotatable bonds is 5. The van der Waals surface area contributed by atoms with Crippen LogP contribution in [0, 0.1) is 0 Å². The van der Waals surface area contributed by atoms with Gasteiger partial charge in [0.2, 0.25) is 5.91 Å². The van der Waals surface area contributed by atoms with Gasteiger partial charge in [0.1, 0.15) is 5.75 Å². The van der Waals surface area contributed by atoms with Gasteiger partial charge in [-0.3, -0.25) is 4.79 Å². The first-order chi connectivity index (χ1) is 7.63. The lowest BCUT2D eigenvalue weighted by atomic mass is 10.2. The number of nitrogens with one attached hydrogen (secondary N) is 1. The Morgan fingerprint density at radius 1 is 1.50 bits per heavy atom. The highest BCUT2D eigenvalue weighted by atomic mass is 16.3. The topological polar surface area (TPSA) is 52.6 Å². The van der Waals surface area contributed by atoms with Gasteiger partial charge in [-0.2, -0.15) is 0 Å². The third-order valence-corrected chi connectivity index (χ3v) is 2.42. The first kappa shape index (κ1) is 12.5. The molecule has 0 aliphatic heterocycles. The van der Waals surface area contributed by atoms with Crippen LogP contribution in [-0.4, -0.2) is 36.1 Å². The molecule has 88 valence electrons. The summed E-state index contributed by atoms with van der Waals surface area (Å²) in [6, 6.07) is 6.99. The highest BCUT2D eigenvalue weighted by Gasteiger charge is 2.05. The summed E-state index contributed by atoms with van der Waals surface area (Å²) in [5, 5.41) is 12.3. The normalized spacial score (nSPS) is 10.1. The number of benzene rings is 1. The van der Waals surface area contributed by atoms with Crippen molar-refractivity contribution in [3.63, 3.8) is 0 Å². The third-order valence-electron chi connectivity index (χ3n) is 2.42. The minimum absolute atomic E-state index is 0.0719. The van der Waals surface area contributed by atoms with Crippen LogP contribution in [0.5, 0.6) is 5.75 Å². The molecule has 0 aliphatic carbocycles. The quantitative estimate of drug-likeness (QED) is 0.780. The Morgan fingerprint density at radius 2 is 2.25 bits per heavy atom. The van der Waals surface area contributed by atoms with Crippen molar-refractivity contribution < 1.29 is 9.90 Å². The van der Waals surface area contributed by atoms with E-state index in [9.17, 15) is 9.90 Å². The Hall–Kier alpha value is -1.55. The van der Waals surface area contributed by atoms with Gasteiger partial charge in [0.25, 0.3) is 0 Å². The number of nitrogens with zero attached hydrogens (tertiary/aromatic N) is 1. The summed E-state index contributed by atoms with van der Waals surface area (Å²) in [6.07, 6.45) is 0. The highest BCUT2D eigenvalue weighted by molar-refractivity contribution is 5.77. The molecule has 0 heterocycles. The predicted octanol–water partition coefficient (Wildman–Crippen LogP) is 0.960. The van der Waals surface area contributed by atoms with Gasteiger partial charge in [-0.05, 0) is 24.6 Å². The summed E-state index contributed by atoms with van der Waals surface area (Å²) in [5.74, 6) is 0.318. The van der Waals surface area contributed by atoms with Crippen molar-refractivity contribution in [3.05, 3.63) is 29.8 Å². The molecule has 16 heavy (non-hydrogen) atoms. The molecule has 0 saturated heterocycles. The minimum atomic E-state index is 0.0719. The van der Waals surface area contributed by atoms with Crippen LogP contribution in [0.25, 0.3) is 0 Å². The molecule has 1 aromatic carbocycles. The van der Waals surface area contributed by atoms with Gasteiger partial charge in [-0.15, -0.1) is 0 Å². The summed E-state index contributed by atoms with van der Waals surface area (Å²) in [7, 11) is 1.78. The molecule has 4 nitrogen and oxygen atoms in total. The van der Waals surface area contributed by atoms with E-state index in [2.05, 4.69) is 5.32 Å². The van der Waals surface area contributed by atoms with Crippen LogP contribution in [0.1, 0.15) is 12.5 Å². The second kappa shape index (κ2) is 6.12. The lowest BCUT2D eigenvalue weighted by Gasteiger charge is -2.14. The lowest BCUT2D eigenvalue weighted by Crippen LogP contribution is -2.35. The van der Waals surface area contributed by atoms with Crippen LogP contribution in [0.2, 0.25) is 0 Å². The molecular formula is C12H18N2O2. The number of hydrogen-bond donors (Lipinski definition) is 2. The van der Waals surface area contributed by atoms with E-state index in [1.165, 1.54) is 0 Å². The second-order valence-corrected chi connectivity index (χ2v) is 3.68. The van der Waals surface area contributed by atoms with Crippen molar-refractivity contribution >= 4 is 5.91 Å². The van der Waals surface area contributed by atoms with Gasteiger partial charge in [-0.25, -0.2) is 0 Å². The average molecular weight is 222 g/mol. The molecule has 1 amide bonds. The van der Waals surface area contributed by atoms with Crippen molar-refractivity contribution in [2.45, 2.75) is 13.5 Å². The maximum Gasteiger partial charge on any atom is 0.236 e. The van der Waals surface area contributed by atoms with Gasteiger partial charge < -0.3 is 15.3 Å². The number of hydrogen-bond acceptors (Lipinski definition) is 3. The fourth-order valence-electron chi connectivity index (χ4n) is 1.29. The molecule has 2 N–H and O–H groups in total. The predicted molar refractivity (Wildman–Crippen MR) is 63.1 cm³/mol. The lowest BCUT2D eigenvalue weighted by molar-refractivity contribution is -0.128. The largest absolute Gasteiger partial charge is 0.508 e. The molecule has 1 rings (SSSR count). The minimum Gasteiger partial charge on any atom is -0.508 e. The SMILES string of the molecule is CCN(C)C(=O)CNCc1cccc(O)c1.